The van der Waals surface area contributed by atoms with Crippen molar-refractivity contribution in [1.82, 2.24) is 9.97 Å². The Morgan fingerprint density at radius 1 is 1.25 bits per heavy atom. The minimum Gasteiger partial charge on any atom is -0.379 e. The first-order valence-corrected chi connectivity index (χ1v) is 6.13. The molecule has 0 unspecified atom stereocenters. The molecule has 106 valence electrons. The molecular weight excluding hydrogens is 291 g/mol. The third kappa shape index (κ3) is 3.60. The molecular formula is C13H11ClF3N3. The maximum absolute atomic E-state index is 12.7. The monoisotopic (exact) mass is 301 g/mol. The van der Waals surface area contributed by atoms with E-state index in [0.29, 0.717) is 23.8 Å². The second-order valence-corrected chi connectivity index (χ2v) is 4.55. The highest BCUT2D eigenvalue weighted by molar-refractivity contribution is 6.31. The standard InChI is InChI=1S/C13H11ClF3N3/c1-8-18-5-4-10(20-8)7-19-9-2-3-12(14)11(6-9)13(15,16)17/h2-6,19H,7H2,1H3. The summed E-state index contributed by atoms with van der Waals surface area (Å²) in [5, 5.41) is 2.56. The number of benzene rings is 1. The summed E-state index contributed by atoms with van der Waals surface area (Å²) in [6, 6.07) is 5.39. The van der Waals surface area contributed by atoms with Crippen molar-refractivity contribution in [2.24, 2.45) is 0 Å². The van der Waals surface area contributed by atoms with E-state index in [1.54, 1.807) is 19.2 Å². The maximum atomic E-state index is 12.7. The highest BCUT2D eigenvalue weighted by Crippen LogP contribution is 2.36. The third-order valence-corrected chi connectivity index (χ3v) is 2.91. The molecule has 0 atom stereocenters. The molecule has 0 aliphatic rings. The van der Waals surface area contributed by atoms with Gasteiger partial charge < -0.3 is 5.32 Å². The van der Waals surface area contributed by atoms with E-state index < -0.39 is 11.7 Å². The van der Waals surface area contributed by atoms with Crippen molar-refractivity contribution in [1.29, 1.82) is 0 Å². The van der Waals surface area contributed by atoms with Crippen molar-refractivity contribution in [2.75, 3.05) is 5.32 Å². The summed E-state index contributed by atoms with van der Waals surface area (Å²) in [6.07, 6.45) is -2.87. The highest BCUT2D eigenvalue weighted by atomic mass is 35.5. The van der Waals surface area contributed by atoms with Crippen LogP contribution in [-0.2, 0) is 12.7 Å². The topological polar surface area (TPSA) is 37.8 Å². The summed E-state index contributed by atoms with van der Waals surface area (Å²) in [6.45, 7) is 2.05. The van der Waals surface area contributed by atoms with Crippen LogP contribution < -0.4 is 5.32 Å². The van der Waals surface area contributed by atoms with Crippen molar-refractivity contribution in [3.8, 4) is 0 Å². The maximum Gasteiger partial charge on any atom is 0.417 e. The van der Waals surface area contributed by atoms with E-state index in [1.807, 2.05) is 0 Å². The SMILES string of the molecule is Cc1nccc(CNc2ccc(Cl)c(C(F)(F)F)c2)n1. The molecule has 0 radical (unpaired) electrons. The summed E-state index contributed by atoms with van der Waals surface area (Å²) < 4.78 is 38.1. The van der Waals surface area contributed by atoms with Crippen molar-refractivity contribution < 1.29 is 13.2 Å². The number of hydrogen-bond donors (Lipinski definition) is 1. The fourth-order valence-corrected chi connectivity index (χ4v) is 1.87. The number of halogens is 4. The molecule has 0 bridgehead atoms. The second kappa shape index (κ2) is 5.66. The van der Waals surface area contributed by atoms with Gasteiger partial charge >= 0.3 is 6.18 Å². The number of nitrogens with zero attached hydrogens (tertiary/aromatic N) is 2. The van der Waals surface area contributed by atoms with Crippen molar-refractivity contribution in [3.63, 3.8) is 0 Å². The van der Waals surface area contributed by atoms with Gasteiger partial charge in [0.2, 0.25) is 0 Å². The summed E-state index contributed by atoms with van der Waals surface area (Å²) in [7, 11) is 0. The van der Waals surface area contributed by atoms with Gasteiger partial charge in [-0.1, -0.05) is 11.6 Å². The molecule has 7 heteroatoms. The Hall–Kier alpha value is -1.82. The quantitative estimate of drug-likeness (QED) is 0.928. The van der Waals surface area contributed by atoms with Gasteiger partial charge in [0.05, 0.1) is 22.8 Å². The van der Waals surface area contributed by atoms with Crippen LogP contribution in [0.3, 0.4) is 0 Å². The first kappa shape index (κ1) is 14.6. The van der Waals surface area contributed by atoms with Gasteiger partial charge in [-0.2, -0.15) is 13.2 Å². The van der Waals surface area contributed by atoms with Crippen LogP contribution >= 0.6 is 11.6 Å². The van der Waals surface area contributed by atoms with Crippen molar-refractivity contribution >= 4 is 17.3 Å². The number of anilines is 1. The summed E-state index contributed by atoms with van der Waals surface area (Å²) >= 11 is 5.55. The number of hydrogen-bond acceptors (Lipinski definition) is 3. The van der Waals surface area contributed by atoms with Gasteiger partial charge in [0.1, 0.15) is 5.82 Å². The predicted octanol–water partition coefficient (Wildman–Crippen LogP) is 4.07. The Morgan fingerprint density at radius 3 is 2.65 bits per heavy atom. The first-order valence-electron chi connectivity index (χ1n) is 5.75. The number of nitrogens with one attached hydrogen (secondary N) is 1. The number of alkyl halides is 3. The lowest BCUT2D eigenvalue weighted by atomic mass is 10.2. The van der Waals surface area contributed by atoms with Crippen LogP contribution in [0.2, 0.25) is 5.02 Å². The average molecular weight is 302 g/mol. The van der Waals surface area contributed by atoms with Crippen LogP contribution in [0.5, 0.6) is 0 Å². The van der Waals surface area contributed by atoms with E-state index in [-0.39, 0.29) is 5.02 Å². The fraction of sp³-hybridized carbons (Fsp3) is 0.231. The van der Waals surface area contributed by atoms with Gasteiger partial charge in [-0.25, -0.2) is 9.97 Å². The van der Waals surface area contributed by atoms with E-state index in [4.69, 9.17) is 11.6 Å². The van der Waals surface area contributed by atoms with Crippen LogP contribution in [0.4, 0.5) is 18.9 Å². The molecule has 0 aliphatic heterocycles. The lowest BCUT2D eigenvalue weighted by molar-refractivity contribution is -0.137. The smallest absolute Gasteiger partial charge is 0.379 e. The lowest BCUT2D eigenvalue weighted by Gasteiger charge is -2.12. The largest absolute Gasteiger partial charge is 0.417 e. The Balaban J connectivity index is 2.14. The summed E-state index contributed by atoms with van der Waals surface area (Å²) in [4.78, 5) is 8.10. The first-order chi connectivity index (χ1) is 9.36. The minimum atomic E-state index is -4.47. The molecule has 0 saturated heterocycles. The van der Waals surface area contributed by atoms with Crippen molar-refractivity contribution in [2.45, 2.75) is 19.6 Å². The van der Waals surface area contributed by atoms with Crippen LogP contribution in [-0.4, -0.2) is 9.97 Å². The summed E-state index contributed by atoms with van der Waals surface area (Å²) in [5.74, 6) is 0.608. The van der Waals surface area contributed by atoms with Crippen LogP contribution in [0, 0.1) is 6.92 Å². The van der Waals surface area contributed by atoms with Crippen LogP contribution in [0.15, 0.2) is 30.5 Å². The van der Waals surface area contributed by atoms with Gasteiger partial charge in [0, 0.05) is 11.9 Å². The normalized spacial score (nSPS) is 11.4. The molecule has 20 heavy (non-hydrogen) atoms. The zero-order chi connectivity index (χ0) is 14.8. The van der Waals surface area contributed by atoms with Gasteiger partial charge in [-0.05, 0) is 31.2 Å². The number of aromatic nitrogens is 2. The molecule has 2 aromatic rings. The Labute approximate surface area is 118 Å². The molecule has 1 aromatic carbocycles. The molecule has 1 N–H and O–H groups in total. The van der Waals surface area contributed by atoms with Gasteiger partial charge in [0.15, 0.2) is 0 Å². The molecule has 0 spiro atoms. The molecule has 1 aromatic heterocycles. The van der Waals surface area contributed by atoms with Gasteiger partial charge in [-0.3, -0.25) is 0 Å². The molecule has 0 amide bonds. The van der Waals surface area contributed by atoms with Gasteiger partial charge in [-0.15, -0.1) is 0 Å². The van der Waals surface area contributed by atoms with E-state index in [1.165, 1.54) is 12.1 Å². The summed E-state index contributed by atoms with van der Waals surface area (Å²) in [5.41, 5.74) is 0.169. The molecule has 0 aliphatic carbocycles. The molecule has 2 rings (SSSR count). The predicted molar refractivity (Wildman–Crippen MR) is 70.5 cm³/mol. The van der Waals surface area contributed by atoms with Crippen LogP contribution in [0.25, 0.3) is 0 Å². The lowest BCUT2D eigenvalue weighted by Crippen LogP contribution is -2.08. The number of aryl methyl sites for hydroxylation is 1. The Bertz CT molecular complexity index is 614. The second-order valence-electron chi connectivity index (χ2n) is 4.14. The van der Waals surface area contributed by atoms with E-state index in [9.17, 15) is 13.2 Å². The zero-order valence-corrected chi connectivity index (χ0v) is 11.3. The fourth-order valence-electron chi connectivity index (χ4n) is 1.65. The zero-order valence-electron chi connectivity index (χ0n) is 10.5. The van der Waals surface area contributed by atoms with Crippen molar-refractivity contribution in [3.05, 3.63) is 52.6 Å². The molecule has 1 heterocycles. The van der Waals surface area contributed by atoms with Crippen LogP contribution in [0.1, 0.15) is 17.1 Å². The van der Waals surface area contributed by atoms with E-state index in [2.05, 4.69) is 15.3 Å². The third-order valence-electron chi connectivity index (χ3n) is 2.58. The number of rotatable bonds is 3. The van der Waals surface area contributed by atoms with Gasteiger partial charge in [0.25, 0.3) is 0 Å². The molecule has 0 saturated carbocycles. The van der Waals surface area contributed by atoms with E-state index in [0.717, 1.165) is 6.07 Å². The molecule has 3 nitrogen and oxygen atoms in total. The van der Waals surface area contributed by atoms with E-state index >= 15 is 0 Å². The average Bonchev–Trinajstić information content (AvgIpc) is 2.36. The molecule has 0 fully saturated rings. The highest BCUT2D eigenvalue weighted by Gasteiger charge is 2.33. The Kier molecular flexibility index (Phi) is 4.13. The Morgan fingerprint density at radius 2 is 2.00 bits per heavy atom. The minimum absolute atomic E-state index is 0.308.